The Kier molecular flexibility index (Phi) is 7.09. The Morgan fingerprint density at radius 2 is 1.74 bits per heavy atom. The lowest BCUT2D eigenvalue weighted by atomic mass is 10.1. The zero-order valence-corrected chi connectivity index (χ0v) is 18.6. The van der Waals surface area contributed by atoms with Crippen molar-refractivity contribution in [1.82, 2.24) is 4.72 Å². The fourth-order valence-electron chi connectivity index (χ4n) is 3.27. The lowest BCUT2D eigenvalue weighted by Gasteiger charge is -2.15. The van der Waals surface area contributed by atoms with Gasteiger partial charge in [0.25, 0.3) is 5.91 Å². The molecule has 0 saturated heterocycles. The third kappa shape index (κ3) is 5.31. The number of rotatable bonds is 8. The molecule has 0 aliphatic rings. The first kappa shape index (κ1) is 22.5. The second kappa shape index (κ2) is 9.76. The van der Waals surface area contributed by atoms with E-state index in [1.165, 1.54) is 19.2 Å². The molecule has 0 unspecified atom stereocenters. The zero-order chi connectivity index (χ0) is 22.4. The summed E-state index contributed by atoms with van der Waals surface area (Å²) >= 11 is 0. The van der Waals surface area contributed by atoms with Crippen LogP contribution in [0.4, 0.5) is 5.69 Å². The van der Waals surface area contributed by atoms with Crippen LogP contribution in [0.25, 0.3) is 0 Å². The summed E-state index contributed by atoms with van der Waals surface area (Å²) in [6.07, 6.45) is 0.767. The van der Waals surface area contributed by atoms with Crippen LogP contribution in [0.15, 0.2) is 71.6 Å². The van der Waals surface area contributed by atoms with Gasteiger partial charge in [0.2, 0.25) is 10.0 Å². The molecule has 3 aromatic rings. The van der Waals surface area contributed by atoms with E-state index in [2.05, 4.69) is 10.0 Å². The lowest BCUT2D eigenvalue weighted by molar-refractivity contribution is 0.102. The minimum absolute atomic E-state index is 0.0842. The molecule has 1 amide bonds. The molecule has 3 aromatic carbocycles. The number of anilines is 1. The first-order chi connectivity index (χ1) is 14.9. The second-order valence-corrected chi connectivity index (χ2v) is 8.83. The summed E-state index contributed by atoms with van der Waals surface area (Å²) in [4.78, 5) is 12.8. The Labute approximate surface area is 183 Å². The summed E-state index contributed by atoms with van der Waals surface area (Å²) in [5, 5.41) is 2.93. The topological polar surface area (TPSA) is 84.5 Å². The highest BCUT2D eigenvalue weighted by molar-refractivity contribution is 7.89. The number of hydrogen-bond donors (Lipinski definition) is 2. The highest BCUT2D eigenvalue weighted by Crippen LogP contribution is 2.27. The van der Waals surface area contributed by atoms with Crippen molar-refractivity contribution in [2.45, 2.75) is 31.7 Å². The molecule has 0 saturated carbocycles. The van der Waals surface area contributed by atoms with Crippen LogP contribution in [-0.4, -0.2) is 21.4 Å². The van der Waals surface area contributed by atoms with Gasteiger partial charge in [0.1, 0.15) is 10.6 Å². The van der Waals surface area contributed by atoms with Gasteiger partial charge in [-0.25, -0.2) is 13.1 Å². The van der Waals surface area contributed by atoms with E-state index >= 15 is 0 Å². The van der Waals surface area contributed by atoms with Gasteiger partial charge in [-0.05, 0) is 48.2 Å². The molecule has 0 aliphatic carbocycles. The first-order valence-electron chi connectivity index (χ1n) is 9.97. The number of aryl methyl sites for hydroxylation is 2. The van der Waals surface area contributed by atoms with Gasteiger partial charge in [-0.3, -0.25) is 4.79 Å². The maximum atomic E-state index is 13.0. The largest absolute Gasteiger partial charge is 0.495 e. The van der Waals surface area contributed by atoms with Gasteiger partial charge in [-0.1, -0.05) is 55.5 Å². The third-order valence-electron chi connectivity index (χ3n) is 5.00. The van der Waals surface area contributed by atoms with Gasteiger partial charge < -0.3 is 10.1 Å². The maximum absolute atomic E-state index is 13.0. The molecule has 0 atom stereocenters. The number of hydrogen-bond acceptors (Lipinski definition) is 4. The van der Waals surface area contributed by atoms with Crippen molar-refractivity contribution in [2.24, 2.45) is 0 Å². The molecular weight excluding hydrogens is 412 g/mol. The molecule has 0 spiro atoms. The number of amides is 1. The monoisotopic (exact) mass is 438 g/mol. The van der Waals surface area contributed by atoms with Crippen LogP contribution in [-0.2, 0) is 23.0 Å². The smallest absolute Gasteiger partial charge is 0.255 e. The van der Waals surface area contributed by atoms with Crippen LogP contribution in [0, 0.1) is 6.92 Å². The van der Waals surface area contributed by atoms with Gasteiger partial charge in [0.05, 0.1) is 7.11 Å². The minimum atomic E-state index is -3.91. The predicted molar refractivity (Wildman–Crippen MR) is 122 cm³/mol. The van der Waals surface area contributed by atoms with Crippen molar-refractivity contribution in [3.63, 3.8) is 0 Å². The molecular formula is C24H26N2O4S. The standard InChI is InChI=1S/C24H26N2O4S/c1-4-19-12-8-9-17(2)23(19)26-24(27)20-13-14-21(30-3)22(15-20)31(28,29)25-16-18-10-6-5-7-11-18/h5-15,25H,4,16H2,1-3H3,(H,26,27). The Bertz CT molecular complexity index is 1180. The van der Waals surface area contributed by atoms with Gasteiger partial charge in [-0.15, -0.1) is 0 Å². The van der Waals surface area contributed by atoms with E-state index in [1.54, 1.807) is 6.07 Å². The van der Waals surface area contributed by atoms with E-state index in [-0.39, 0.29) is 28.7 Å². The predicted octanol–water partition coefficient (Wildman–Crippen LogP) is 4.30. The van der Waals surface area contributed by atoms with Gasteiger partial charge in [-0.2, -0.15) is 0 Å². The van der Waals surface area contributed by atoms with Gasteiger partial charge >= 0.3 is 0 Å². The van der Waals surface area contributed by atoms with Crippen LogP contribution < -0.4 is 14.8 Å². The molecule has 0 radical (unpaired) electrons. The van der Waals surface area contributed by atoms with Crippen molar-refractivity contribution in [3.05, 3.63) is 89.0 Å². The maximum Gasteiger partial charge on any atom is 0.255 e. The van der Waals surface area contributed by atoms with Crippen molar-refractivity contribution in [2.75, 3.05) is 12.4 Å². The summed E-state index contributed by atoms with van der Waals surface area (Å²) < 4.78 is 33.7. The van der Waals surface area contributed by atoms with Crippen molar-refractivity contribution >= 4 is 21.6 Å². The summed E-state index contributed by atoms with van der Waals surface area (Å²) in [5.41, 5.74) is 3.76. The Morgan fingerprint density at radius 3 is 2.42 bits per heavy atom. The first-order valence-corrected chi connectivity index (χ1v) is 11.5. The van der Waals surface area contributed by atoms with Crippen LogP contribution in [0.3, 0.4) is 0 Å². The van der Waals surface area contributed by atoms with Crippen molar-refractivity contribution < 1.29 is 17.9 Å². The van der Waals surface area contributed by atoms with Crippen LogP contribution >= 0.6 is 0 Å². The molecule has 0 heterocycles. The molecule has 0 aromatic heterocycles. The average molecular weight is 439 g/mol. The summed E-state index contributed by atoms with van der Waals surface area (Å²) in [5.74, 6) is -0.214. The van der Waals surface area contributed by atoms with E-state index in [4.69, 9.17) is 4.74 Å². The van der Waals surface area contributed by atoms with E-state index in [0.29, 0.717) is 0 Å². The number of carbonyl (C=O) groups excluding carboxylic acids is 1. The SMILES string of the molecule is CCc1cccc(C)c1NC(=O)c1ccc(OC)c(S(=O)(=O)NCc2ccccc2)c1. The molecule has 7 heteroatoms. The molecule has 0 bridgehead atoms. The number of carbonyl (C=O) groups is 1. The molecule has 162 valence electrons. The molecule has 0 aliphatic heterocycles. The second-order valence-electron chi connectivity index (χ2n) is 7.09. The van der Waals surface area contributed by atoms with E-state index in [9.17, 15) is 13.2 Å². The normalized spacial score (nSPS) is 11.2. The average Bonchev–Trinajstić information content (AvgIpc) is 2.79. The van der Waals surface area contributed by atoms with Crippen molar-refractivity contribution in [1.29, 1.82) is 0 Å². The Balaban J connectivity index is 1.89. The highest BCUT2D eigenvalue weighted by atomic mass is 32.2. The van der Waals surface area contributed by atoms with Crippen LogP contribution in [0.5, 0.6) is 5.75 Å². The number of methoxy groups -OCH3 is 1. The van der Waals surface area contributed by atoms with E-state index in [0.717, 1.165) is 28.8 Å². The number of para-hydroxylation sites is 1. The molecule has 2 N–H and O–H groups in total. The highest BCUT2D eigenvalue weighted by Gasteiger charge is 2.22. The Hall–Kier alpha value is -3.16. The molecule has 6 nitrogen and oxygen atoms in total. The fraction of sp³-hybridized carbons (Fsp3) is 0.208. The molecule has 31 heavy (non-hydrogen) atoms. The number of benzene rings is 3. The van der Waals surface area contributed by atoms with E-state index in [1.807, 2.05) is 62.4 Å². The van der Waals surface area contributed by atoms with Gasteiger partial charge in [0, 0.05) is 17.8 Å². The van der Waals surface area contributed by atoms with Crippen LogP contribution in [0.1, 0.15) is 34.0 Å². The zero-order valence-electron chi connectivity index (χ0n) is 17.8. The van der Waals surface area contributed by atoms with E-state index < -0.39 is 10.0 Å². The summed E-state index contributed by atoms with van der Waals surface area (Å²) in [6.45, 7) is 4.07. The molecule has 0 fully saturated rings. The molecule has 3 rings (SSSR count). The fourth-order valence-corrected chi connectivity index (χ4v) is 4.48. The van der Waals surface area contributed by atoms with Crippen LogP contribution in [0.2, 0.25) is 0 Å². The summed E-state index contributed by atoms with van der Waals surface area (Å²) in [7, 11) is -2.51. The quantitative estimate of drug-likeness (QED) is 0.549. The van der Waals surface area contributed by atoms with Crippen molar-refractivity contribution in [3.8, 4) is 5.75 Å². The number of nitrogens with one attached hydrogen (secondary N) is 2. The number of ether oxygens (including phenoxy) is 1. The third-order valence-corrected chi connectivity index (χ3v) is 6.43. The lowest BCUT2D eigenvalue weighted by Crippen LogP contribution is -2.24. The summed E-state index contributed by atoms with van der Waals surface area (Å²) in [6, 6.07) is 19.4. The number of sulfonamides is 1. The Morgan fingerprint density at radius 1 is 1.00 bits per heavy atom. The minimum Gasteiger partial charge on any atom is -0.495 e. The van der Waals surface area contributed by atoms with Gasteiger partial charge in [0.15, 0.2) is 0 Å².